The molecule has 3 nitrogen and oxygen atoms in total. The van der Waals surface area contributed by atoms with Gasteiger partial charge in [0.1, 0.15) is 0 Å². The first-order chi connectivity index (χ1) is 8.83. The molecule has 1 amide bonds. The van der Waals surface area contributed by atoms with Crippen LogP contribution in [0.2, 0.25) is 0 Å². The van der Waals surface area contributed by atoms with Crippen LogP contribution in [0.4, 0.5) is 0 Å². The van der Waals surface area contributed by atoms with Crippen molar-refractivity contribution in [3.8, 4) is 0 Å². The molecular weight excluding hydrogens is 294 g/mol. The molecule has 1 aliphatic carbocycles. The molecule has 18 heavy (non-hydrogen) atoms. The molecule has 0 radical (unpaired) electrons. The zero-order valence-electron chi connectivity index (χ0n) is 11.3. The third kappa shape index (κ3) is 8.09. The maximum absolute atomic E-state index is 11.8. The summed E-state index contributed by atoms with van der Waals surface area (Å²) >= 11 is 3.31. The minimum absolute atomic E-state index is 0.224. The molecule has 0 aliphatic heterocycles. The van der Waals surface area contributed by atoms with Crippen LogP contribution in [-0.4, -0.2) is 31.0 Å². The molecule has 1 rings (SSSR count). The fourth-order valence-corrected chi connectivity index (χ4v) is 2.69. The summed E-state index contributed by atoms with van der Waals surface area (Å²) < 4.78 is 5.33. The second-order valence-electron chi connectivity index (χ2n) is 5.07. The SMILES string of the molecule is O=C(CC1CCCCCC1)NCCCOCCBr. The quantitative estimate of drug-likeness (QED) is 0.423. The summed E-state index contributed by atoms with van der Waals surface area (Å²) in [5, 5.41) is 3.87. The van der Waals surface area contributed by atoms with E-state index in [1.165, 1.54) is 38.5 Å². The Kier molecular flexibility index (Phi) is 9.58. The molecule has 0 bridgehead atoms. The highest BCUT2D eigenvalue weighted by Crippen LogP contribution is 2.25. The molecule has 0 unspecified atom stereocenters. The van der Waals surface area contributed by atoms with E-state index in [-0.39, 0.29) is 5.91 Å². The Morgan fingerprint density at radius 3 is 2.56 bits per heavy atom. The fourth-order valence-electron chi connectivity index (χ4n) is 2.46. The maximum Gasteiger partial charge on any atom is 0.220 e. The number of hydrogen-bond donors (Lipinski definition) is 1. The van der Waals surface area contributed by atoms with Crippen LogP contribution in [0.15, 0.2) is 0 Å². The smallest absolute Gasteiger partial charge is 0.220 e. The summed E-state index contributed by atoms with van der Waals surface area (Å²) in [6.07, 6.45) is 9.41. The normalized spacial score (nSPS) is 17.4. The number of alkyl halides is 1. The number of rotatable bonds is 8. The predicted octanol–water partition coefficient (Wildman–Crippen LogP) is 3.26. The molecule has 1 fully saturated rings. The summed E-state index contributed by atoms with van der Waals surface area (Å²) in [5.41, 5.74) is 0. The van der Waals surface area contributed by atoms with Crippen molar-refractivity contribution in [2.24, 2.45) is 5.92 Å². The van der Waals surface area contributed by atoms with Gasteiger partial charge in [-0.25, -0.2) is 0 Å². The minimum atomic E-state index is 0.224. The number of nitrogens with one attached hydrogen (secondary N) is 1. The lowest BCUT2D eigenvalue weighted by molar-refractivity contribution is -0.122. The van der Waals surface area contributed by atoms with Crippen molar-refractivity contribution in [2.75, 3.05) is 25.1 Å². The van der Waals surface area contributed by atoms with Crippen molar-refractivity contribution >= 4 is 21.8 Å². The number of carbonyl (C=O) groups is 1. The zero-order chi connectivity index (χ0) is 13.1. The molecule has 0 saturated heterocycles. The highest BCUT2D eigenvalue weighted by atomic mass is 79.9. The second-order valence-corrected chi connectivity index (χ2v) is 5.86. The lowest BCUT2D eigenvalue weighted by Gasteiger charge is -2.13. The van der Waals surface area contributed by atoms with E-state index in [1.54, 1.807) is 0 Å². The van der Waals surface area contributed by atoms with E-state index in [0.717, 1.165) is 37.9 Å². The molecule has 0 spiro atoms. The predicted molar refractivity (Wildman–Crippen MR) is 78.0 cm³/mol. The van der Waals surface area contributed by atoms with Gasteiger partial charge in [0.2, 0.25) is 5.91 Å². The van der Waals surface area contributed by atoms with Crippen molar-refractivity contribution in [1.82, 2.24) is 5.32 Å². The van der Waals surface area contributed by atoms with Crippen LogP contribution >= 0.6 is 15.9 Å². The molecule has 106 valence electrons. The Hall–Kier alpha value is -0.0900. The first-order valence-electron chi connectivity index (χ1n) is 7.23. The molecule has 4 heteroatoms. The van der Waals surface area contributed by atoms with Crippen molar-refractivity contribution in [3.05, 3.63) is 0 Å². The van der Waals surface area contributed by atoms with Gasteiger partial charge >= 0.3 is 0 Å². The summed E-state index contributed by atoms with van der Waals surface area (Å²) in [7, 11) is 0. The molecule has 0 aromatic heterocycles. The zero-order valence-corrected chi connectivity index (χ0v) is 12.8. The Morgan fingerprint density at radius 1 is 1.17 bits per heavy atom. The van der Waals surface area contributed by atoms with Crippen LogP contribution in [0.5, 0.6) is 0 Å². The van der Waals surface area contributed by atoms with Gasteiger partial charge in [0.25, 0.3) is 0 Å². The first-order valence-corrected chi connectivity index (χ1v) is 8.35. The van der Waals surface area contributed by atoms with E-state index < -0.39 is 0 Å². The molecule has 1 saturated carbocycles. The van der Waals surface area contributed by atoms with Crippen molar-refractivity contribution in [1.29, 1.82) is 0 Å². The average Bonchev–Trinajstić information content (AvgIpc) is 2.62. The maximum atomic E-state index is 11.8. The van der Waals surface area contributed by atoms with Gasteiger partial charge < -0.3 is 10.1 Å². The van der Waals surface area contributed by atoms with Gasteiger partial charge in [-0.2, -0.15) is 0 Å². The van der Waals surface area contributed by atoms with Gasteiger partial charge in [-0.15, -0.1) is 0 Å². The second kappa shape index (κ2) is 10.8. The van der Waals surface area contributed by atoms with Gasteiger partial charge in [0, 0.05) is 24.9 Å². The molecular formula is C14H26BrNO2. The van der Waals surface area contributed by atoms with Crippen molar-refractivity contribution < 1.29 is 9.53 Å². The van der Waals surface area contributed by atoms with Crippen molar-refractivity contribution in [2.45, 2.75) is 51.4 Å². The van der Waals surface area contributed by atoms with E-state index in [2.05, 4.69) is 21.2 Å². The molecule has 0 atom stereocenters. The van der Waals surface area contributed by atoms with E-state index in [4.69, 9.17) is 4.74 Å². The number of carbonyl (C=O) groups excluding carboxylic acids is 1. The standard InChI is InChI=1S/C14H26BrNO2/c15-8-11-18-10-5-9-16-14(17)12-13-6-3-1-2-4-7-13/h13H,1-12H2,(H,16,17). The van der Waals surface area contributed by atoms with Crippen LogP contribution in [-0.2, 0) is 9.53 Å². The largest absolute Gasteiger partial charge is 0.381 e. The van der Waals surface area contributed by atoms with Crippen LogP contribution in [0.25, 0.3) is 0 Å². The molecule has 0 heterocycles. The van der Waals surface area contributed by atoms with Gasteiger partial charge in [0.05, 0.1) is 6.61 Å². The highest BCUT2D eigenvalue weighted by molar-refractivity contribution is 9.09. The van der Waals surface area contributed by atoms with E-state index in [0.29, 0.717) is 5.92 Å². The van der Waals surface area contributed by atoms with Gasteiger partial charge in [-0.1, -0.05) is 41.6 Å². The van der Waals surface area contributed by atoms with E-state index >= 15 is 0 Å². The van der Waals surface area contributed by atoms with Gasteiger partial charge in [-0.05, 0) is 25.2 Å². The molecule has 0 aromatic carbocycles. The Labute approximate surface area is 119 Å². The fraction of sp³-hybridized carbons (Fsp3) is 0.929. The topological polar surface area (TPSA) is 38.3 Å². The summed E-state index contributed by atoms with van der Waals surface area (Å²) in [5.74, 6) is 0.847. The first kappa shape index (κ1) is 16.0. The van der Waals surface area contributed by atoms with Crippen molar-refractivity contribution in [3.63, 3.8) is 0 Å². The van der Waals surface area contributed by atoms with Crippen LogP contribution < -0.4 is 5.32 Å². The highest BCUT2D eigenvalue weighted by Gasteiger charge is 2.15. The number of hydrogen-bond acceptors (Lipinski definition) is 2. The van der Waals surface area contributed by atoms with Crippen LogP contribution in [0.1, 0.15) is 51.4 Å². The number of amides is 1. The number of halogens is 1. The minimum Gasteiger partial charge on any atom is -0.381 e. The van der Waals surface area contributed by atoms with Gasteiger partial charge in [-0.3, -0.25) is 4.79 Å². The summed E-state index contributed by atoms with van der Waals surface area (Å²) in [6.45, 7) is 2.22. The lowest BCUT2D eigenvalue weighted by atomic mass is 9.96. The Bertz CT molecular complexity index is 216. The van der Waals surface area contributed by atoms with Crippen LogP contribution in [0, 0.1) is 5.92 Å². The van der Waals surface area contributed by atoms with E-state index in [9.17, 15) is 4.79 Å². The monoisotopic (exact) mass is 319 g/mol. The third-order valence-electron chi connectivity index (χ3n) is 3.46. The van der Waals surface area contributed by atoms with E-state index in [1.807, 2.05) is 0 Å². The Balaban J connectivity index is 1.98. The Morgan fingerprint density at radius 2 is 1.89 bits per heavy atom. The lowest BCUT2D eigenvalue weighted by Crippen LogP contribution is -2.27. The summed E-state index contributed by atoms with van der Waals surface area (Å²) in [6, 6.07) is 0. The molecule has 1 aliphatic rings. The third-order valence-corrected chi connectivity index (χ3v) is 3.78. The van der Waals surface area contributed by atoms with Crippen LogP contribution in [0.3, 0.4) is 0 Å². The number of ether oxygens (including phenoxy) is 1. The average molecular weight is 320 g/mol. The molecule has 1 N–H and O–H groups in total. The van der Waals surface area contributed by atoms with Gasteiger partial charge in [0.15, 0.2) is 0 Å². The summed E-state index contributed by atoms with van der Waals surface area (Å²) in [4.78, 5) is 11.8. The molecule has 0 aromatic rings.